The van der Waals surface area contributed by atoms with Crippen molar-refractivity contribution in [1.82, 2.24) is 0 Å². The van der Waals surface area contributed by atoms with E-state index in [0.717, 1.165) is 11.1 Å². The second kappa shape index (κ2) is 3.75. The zero-order valence-electron chi connectivity index (χ0n) is 9.95. The molecule has 0 fully saturated rings. The van der Waals surface area contributed by atoms with Crippen LogP contribution in [0.25, 0.3) is 5.57 Å². The molecule has 0 radical (unpaired) electrons. The van der Waals surface area contributed by atoms with Crippen molar-refractivity contribution in [1.29, 1.82) is 0 Å². The lowest BCUT2D eigenvalue weighted by Crippen LogP contribution is -2.10. The van der Waals surface area contributed by atoms with Crippen molar-refractivity contribution in [3.63, 3.8) is 0 Å². The number of carbonyl (C=O) groups is 1. The van der Waals surface area contributed by atoms with Gasteiger partial charge >= 0.3 is 0 Å². The summed E-state index contributed by atoms with van der Waals surface area (Å²) in [5.74, 6) is 0.100. The molecule has 16 heavy (non-hydrogen) atoms. The summed E-state index contributed by atoms with van der Waals surface area (Å²) in [6.07, 6.45) is 5.27. The normalized spacial score (nSPS) is 15.4. The Bertz CT molecular complexity index is 467. The van der Waals surface area contributed by atoms with E-state index < -0.39 is 0 Å². The highest BCUT2D eigenvalue weighted by molar-refractivity contribution is 6.28. The van der Waals surface area contributed by atoms with E-state index in [1.54, 1.807) is 12.2 Å². The van der Waals surface area contributed by atoms with Crippen molar-refractivity contribution in [2.24, 2.45) is 0 Å². The Labute approximate surface area is 96.5 Å². The number of allylic oxidation sites excluding steroid dienone is 4. The first kappa shape index (κ1) is 10.9. The molecule has 0 saturated carbocycles. The molecule has 0 N–H and O–H groups in total. The van der Waals surface area contributed by atoms with Crippen LogP contribution in [0.15, 0.2) is 42.5 Å². The lowest BCUT2D eigenvalue weighted by atomic mass is 9.86. The summed E-state index contributed by atoms with van der Waals surface area (Å²) in [6.45, 7) is 6.55. The third-order valence-electron chi connectivity index (χ3n) is 2.84. The molecule has 1 aromatic rings. The first-order valence-corrected chi connectivity index (χ1v) is 5.52. The fourth-order valence-corrected chi connectivity index (χ4v) is 1.79. The van der Waals surface area contributed by atoms with Crippen LogP contribution >= 0.6 is 0 Å². The van der Waals surface area contributed by atoms with Gasteiger partial charge in [0.1, 0.15) is 0 Å². The Morgan fingerprint density at radius 3 is 2.06 bits per heavy atom. The molecule has 1 nitrogen and oxygen atoms in total. The summed E-state index contributed by atoms with van der Waals surface area (Å²) in [7, 11) is 0. The summed E-state index contributed by atoms with van der Waals surface area (Å²) in [5, 5.41) is 0. The smallest absolute Gasteiger partial charge is 0.186 e. The molecular formula is C15H16O. The second-order valence-corrected chi connectivity index (χ2v) is 5.13. The van der Waals surface area contributed by atoms with Crippen LogP contribution in [0.2, 0.25) is 0 Å². The number of benzene rings is 1. The minimum absolute atomic E-state index is 0.100. The third kappa shape index (κ3) is 1.99. The van der Waals surface area contributed by atoms with Crippen LogP contribution in [0.4, 0.5) is 0 Å². The third-order valence-corrected chi connectivity index (χ3v) is 2.84. The van der Waals surface area contributed by atoms with Gasteiger partial charge in [0.05, 0.1) is 0 Å². The average molecular weight is 212 g/mol. The summed E-state index contributed by atoms with van der Waals surface area (Å²) in [4.78, 5) is 11.5. The maximum Gasteiger partial charge on any atom is 0.186 e. The molecule has 0 spiro atoms. The van der Waals surface area contributed by atoms with Gasteiger partial charge in [-0.15, -0.1) is 0 Å². The van der Waals surface area contributed by atoms with Gasteiger partial charge in [-0.25, -0.2) is 0 Å². The molecule has 2 rings (SSSR count). The van der Waals surface area contributed by atoms with Gasteiger partial charge in [-0.2, -0.15) is 0 Å². The van der Waals surface area contributed by atoms with E-state index >= 15 is 0 Å². The largest absolute Gasteiger partial charge is 0.289 e. The average Bonchev–Trinajstić information content (AvgIpc) is 2.63. The van der Waals surface area contributed by atoms with Gasteiger partial charge in [0.25, 0.3) is 0 Å². The molecule has 82 valence electrons. The quantitative estimate of drug-likeness (QED) is 0.696. The number of ketones is 1. The first-order chi connectivity index (χ1) is 7.48. The summed E-state index contributed by atoms with van der Waals surface area (Å²) >= 11 is 0. The van der Waals surface area contributed by atoms with E-state index in [0.29, 0.717) is 0 Å². The van der Waals surface area contributed by atoms with Crippen molar-refractivity contribution in [2.45, 2.75) is 26.2 Å². The van der Waals surface area contributed by atoms with Crippen molar-refractivity contribution < 1.29 is 4.79 Å². The SMILES string of the molecule is CC(C)(C)c1ccc(C2=CC=CC2=O)cc1. The van der Waals surface area contributed by atoms with E-state index in [4.69, 9.17) is 0 Å². The van der Waals surface area contributed by atoms with Gasteiger partial charge in [-0.05, 0) is 22.6 Å². The molecule has 0 unspecified atom stereocenters. The van der Waals surface area contributed by atoms with E-state index in [-0.39, 0.29) is 11.2 Å². The highest BCUT2D eigenvalue weighted by Crippen LogP contribution is 2.25. The predicted molar refractivity (Wildman–Crippen MR) is 67.3 cm³/mol. The van der Waals surface area contributed by atoms with Crippen molar-refractivity contribution in [2.75, 3.05) is 0 Å². The molecule has 0 heterocycles. The minimum Gasteiger partial charge on any atom is -0.289 e. The maximum atomic E-state index is 11.5. The van der Waals surface area contributed by atoms with Gasteiger partial charge in [-0.1, -0.05) is 57.2 Å². The fraction of sp³-hybridized carbons (Fsp3) is 0.267. The molecule has 0 saturated heterocycles. The summed E-state index contributed by atoms with van der Waals surface area (Å²) < 4.78 is 0. The Hall–Kier alpha value is -1.63. The Morgan fingerprint density at radius 1 is 1.00 bits per heavy atom. The Balaban J connectivity index is 2.31. The number of hydrogen-bond donors (Lipinski definition) is 0. The molecule has 0 bridgehead atoms. The van der Waals surface area contributed by atoms with Gasteiger partial charge in [0.15, 0.2) is 5.78 Å². The van der Waals surface area contributed by atoms with E-state index in [1.807, 2.05) is 18.2 Å². The summed E-state index contributed by atoms with van der Waals surface area (Å²) in [5.41, 5.74) is 3.24. The lowest BCUT2D eigenvalue weighted by molar-refractivity contribution is -0.109. The minimum atomic E-state index is 0.100. The molecule has 1 heteroatoms. The van der Waals surface area contributed by atoms with E-state index in [2.05, 4.69) is 32.9 Å². The Kier molecular flexibility index (Phi) is 2.55. The monoisotopic (exact) mass is 212 g/mol. The summed E-state index contributed by atoms with van der Waals surface area (Å²) in [6, 6.07) is 8.25. The second-order valence-electron chi connectivity index (χ2n) is 5.13. The van der Waals surface area contributed by atoms with Crippen LogP contribution in [0.5, 0.6) is 0 Å². The van der Waals surface area contributed by atoms with Gasteiger partial charge in [0.2, 0.25) is 0 Å². The zero-order valence-corrected chi connectivity index (χ0v) is 9.95. The highest BCUT2D eigenvalue weighted by atomic mass is 16.1. The van der Waals surface area contributed by atoms with Crippen LogP contribution in [0, 0.1) is 0 Å². The van der Waals surface area contributed by atoms with Crippen LogP contribution < -0.4 is 0 Å². The van der Waals surface area contributed by atoms with Crippen molar-refractivity contribution in [3.8, 4) is 0 Å². The van der Waals surface area contributed by atoms with Crippen molar-refractivity contribution in [3.05, 3.63) is 53.6 Å². The zero-order chi connectivity index (χ0) is 11.8. The molecule has 0 atom stereocenters. The van der Waals surface area contributed by atoms with Gasteiger partial charge < -0.3 is 0 Å². The molecule has 1 aliphatic carbocycles. The van der Waals surface area contributed by atoms with Crippen LogP contribution in [-0.2, 0) is 10.2 Å². The molecule has 1 aromatic carbocycles. The van der Waals surface area contributed by atoms with Crippen LogP contribution in [0.3, 0.4) is 0 Å². The predicted octanol–water partition coefficient (Wildman–Crippen LogP) is 3.51. The molecule has 0 amide bonds. The fourth-order valence-electron chi connectivity index (χ4n) is 1.79. The van der Waals surface area contributed by atoms with Crippen LogP contribution in [-0.4, -0.2) is 5.78 Å². The molecule has 0 aromatic heterocycles. The first-order valence-electron chi connectivity index (χ1n) is 5.52. The number of rotatable bonds is 1. The highest BCUT2D eigenvalue weighted by Gasteiger charge is 2.15. The van der Waals surface area contributed by atoms with Gasteiger partial charge in [0, 0.05) is 5.57 Å². The topological polar surface area (TPSA) is 17.1 Å². The number of carbonyl (C=O) groups excluding carboxylic acids is 1. The van der Waals surface area contributed by atoms with E-state index in [1.165, 1.54) is 5.56 Å². The molecule has 1 aliphatic rings. The van der Waals surface area contributed by atoms with E-state index in [9.17, 15) is 4.79 Å². The Morgan fingerprint density at radius 2 is 1.62 bits per heavy atom. The van der Waals surface area contributed by atoms with Crippen molar-refractivity contribution >= 4 is 11.4 Å². The number of hydrogen-bond acceptors (Lipinski definition) is 1. The standard InChI is InChI=1S/C15H16O/c1-15(2,3)12-9-7-11(8-10-12)13-5-4-6-14(13)16/h4-10H,1-3H3. The lowest BCUT2D eigenvalue weighted by Gasteiger charge is -2.19. The molecule has 0 aliphatic heterocycles. The van der Waals surface area contributed by atoms with Gasteiger partial charge in [-0.3, -0.25) is 4.79 Å². The molecular weight excluding hydrogens is 196 g/mol. The van der Waals surface area contributed by atoms with Crippen LogP contribution in [0.1, 0.15) is 31.9 Å². The maximum absolute atomic E-state index is 11.5.